The molecular formula is C34H53N7O. The van der Waals surface area contributed by atoms with E-state index in [9.17, 15) is 0 Å². The van der Waals surface area contributed by atoms with Crippen LogP contribution in [0.2, 0.25) is 0 Å². The zero-order valence-corrected chi connectivity index (χ0v) is 26.7. The summed E-state index contributed by atoms with van der Waals surface area (Å²) in [4.78, 5) is 17.9. The number of hydrogen-bond donors (Lipinski definition) is 2. The molecule has 5 heterocycles. The van der Waals surface area contributed by atoms with Crippen molar-refractivity contribution in [2.75, 3.05) is 70.4 Å². The predicted molar refractivity (Wildman–Crippen MR) is 175 cm³/mol. The van der Waals surface area contributed by atoms with Gasteiger partial charge in [0.2, 0.25) is 0 Å². The Labute approximate surface area is 254 Å². The molecule has 0 spiro atoms. The van der Waals surface area contributed by atoms with Crippen LogP contribution < -0.4 is 20.3 Å². The molecule has 230 valence electrons. The number of nitrogens with zero attached hydrogens (tertiary/aromatic N) is 5. The molecule has 0 radical (unpaired) electrons. The third-order valence-corrected chi connectivity index (χ3v) is 7.32. The fraction of sp³-hybridized carbons (Fsp3) is 0.559. The first-order chi connectivity index (χ1) is 20.4. The maximum Gasteiger partial charge on any atom is 0.141 e. The van der Waals surface area contributed by atoms with Crippen LogP contribution in [-0.4, -0.2) is 85.4 Å². The maximum atomic E-state index is 5.88. The summed E-state index contributed by atoms with van der Waals surface area (Å²) in [6.07, 6.45) is 5.55. The predicted octanol–water partition coefficient (Wildman–Crippen LogP) is 5.31. The molecule has 3 aromatic heterocycles. The molecule has 2 fully saturated rings. The summed E-state index contributed by atoms with van der Waals surface area (Å²) in [5, 5.41) is 6.73. The number of anilines is 1. The van der Waals surface area contributed by atoms with Crippen LogP contribution in [0.4, 0.5) is 5.69 Å². The fourth-order valence-corrected chi connectivity index (χ4v) is 4.92. The lowest BCUT2D eigenvalue weighted by Gasteiger charge is -2.31. The normalized spacial score (nSPS) is 15.6. The van der Waals surface area contributed by atoms with E-state index in [1.54, 1.807) is 0 Å². The SMILES string of the molecule is CC(C)c1ccccn1.CC(C)c1ncccc1N1CCNCC1.CC(C)c1ncccc1OCCN1CCNCC1. The van der Waals surface area contributed by atoms with Gasteiger partial charge in [0.05, 0.1) is 17.1 Å². The van der Waals surface area contributed by atoms with Gasteiger partial charge in [-0.1, -0.05) is 47.6 Å². The molecular weight excluding hydrogens is 522 g/mol. The quantitative estimate of drug-likeness (QED) is 0.374. The van der Waals surface area contributed by atoms with Crippen molar-refractivity contribution in [3.05, 3.63) is 78.1 Å². The van der Waals surface area contributed by atoms with Gasteiger partial charge in [-0.2, -0.15) is 0 Å². The van der Waals surface area contributed by atoms with Gasteiger partial charge in [0.15, 0.2) is 0 Å². The Kier molecular flexibility index (Phi) is 14.7. The molecule has 42 heavy (non-hydrogen) atoms. The Morgan fingerprint density at radius 2 is 1.26 bits per heavy atom. The van der Waals surface area contributed by atoms with E-state index in [4.69, 9.17) is 4.74 Å². The van der Waals surface area contributed by atoms with Crippen molar-refractivity contribution in [2.24, 2.45) is 0 Å². The van der Waals surface area contributed by atoms with Crippen LogP contribution in [0.25, 0.3) is 0 Å². The molecule has 8 heteroatoms. The van der Waals surface area contributed by atoms with Crippen LogP contribution in [0, 0.1) is 0 Å². The maximum absolute atomic E-state index is 5.88. The van der Waals surface area contributed by atoms with Crippen LogP contribution in [0.1, 0.15) is 76.4 Å². The van der Waals surface area contributed by atoms with E-state index in [-0.39, 0.29) is 0 Å². The number of hydrogen-bond acceptors (Lipinski definition) is 8. The van der Waals surface area contributed by atoms with Gasteiger partial charge in [0.1, 0.15) is 12.4 Å². The van der Waals surface area contributed by atoms with Crippen molar-refractivity contribution in [3.63, 3.8) is 0 Å². The summed E-state index contributed by atoms with van der Waals surface area (Å²) in [5.74, 6) is 2.38. The molecule has 3 aromatic rings. The molecule has 0 aromatic carbocycles. The summed E-state index contributed by atoms with van der Waals surface area (Å²) in [6, 6.07) is 14.2. The molecule has 0 bridgehead atoms. The van der Waals surface area contributed by atoms with Crippen molar-refractivity contribution in [1.29, 1.82) is 0 Å². The minimum Gasteiger partial charge on any atom is -0.490 e. The van der Waals surface area contributed by atoms with Crippen molar-refractivity contribution in [1.82, 2.24) is 30.5 Å². The first-order valence-corrected chi connectivity index (χ1v) is 15.7. The van der Waals surface area contributed by atoms with E-state index < -0.39 is 0 Å². The topological polar surface area (TPSA) is 78.4 Å². The Balaban J connectivity index is 0.000000182. The van der Waals surface area contributed by atoms with Gasteiger partial charge in [-0.15, -0.1) is 0 Å². The Hall–Kier alpha value is -3.07. The van der Waals surface area contributed by atoms with Gasteiger partial charge >= 0.3 is 0 Å². The van der Waals surface area contributed by atoms with Gasteiger partial charge in [0, 0.05) is 83.2 Å². The molecule has 5 rings (SSSR count). The monoisotopic (exact) mass is 575 g/mol. The lowest BCUT2D eigenvalue weighted by Crippen LogP contribution is -2.44. The van der Waals surface area contributed by atoms with Crippen LogP contribution in [0.5, 0.6) is 5.75 Å². The number of nitrogens with one attached hydrogen (secondary N) is 2. The molecule has 0 saturated carbocycles. The molecule has 0 amide bonds. The second kappa shape index (κ2) is 18.5. The minimum atomic E-state index is 0.403. The Morgan fingerprint density at radius 3 is 1.83 bits per heavy atom. The van der Waals surface area contributed by atoms with E-state index >= 15 is 0 Å². The third-order valence-electron chi connectivity index (χ3n) is 7.32. The van der Waals surface area contributed by atoms with Gasteiger partial charge in [-0.3, -0.25) is 19.9 Å². The average Bonchev–Trinajstić information content (AvgIpc) is 3.03. The van der Waals surface area contributed by atoms with E-state index in [1.807, 2.05) is 55.0 Å². The van der Waals surface area contributed by atoms with Crippen molar-refractivity contribution in [3.8, 4) is 5.75 Å². The second-order valence-corrected chi connectivity index (χ2v) is 11.7. The van der Waals surface area contributed by atoms with Gasteiger partial charge in [-0.05, 0) is 54.2 Å². The summed E-state index contributed by atoms with van der Waals surface area (Å²) in [5.41, 5.74) is 4.75. The molecule has 2 saturated heterocycles. The number of piperazine rings is 2. The third kappa shape index (κ3) is 11.3. The van der Waals surface area contributed by atoms with Crippen LogP contribution >= 0.6 is 0 Å². The van der Waals surface area contributed by atoms with E-state index in [2.05, 4.69) is 83.0 Å². The van der Waals surface area contributed by atoms with E-state index in [1.165, 1.54) is 11.4 Å². The zero-order chi connectivity index (χ0) is 30.2. The molecule has 2 aliphatic heterocycles. The van der Waals surface area contributed by atoms with Crippen LogP contribution in [0.15, 0.2) is 61.1 Å². The summed E-state index contributed by atoms with van der Waals surface area (Å²) in [6.45, 7) is 23.5. The molecule has 0 aliphatic carbocycles. The summed E-state index contributed by atoms with van der Waals surface area (Å²) < 4.78 is 5.88. The van der Waals surface area contributed by atoms with Crippen LogP contribution in [0.3, 0.4) is 0 Å². The van der Waals surface area contributed by atoms with E-state index in [0.29, 0.717) is 17.8 Å². The Morgan fingerprint density at radius 1 is 0.667 bits per heavy atom. The first-order valence-electron chi connectivity index (χ1n) is 15.7. The highest BCUT2D eigenvalue weighted by Gasteiger charge is 2.16. The average molecular weight is 576 g/mol. The largest absolute Gasteiger partial charge is 0.490 e. The number of aromatic nitrogens is 3. The lowest BCUT2D eigenvalue weighted by molar-refractivity contribution is 0.190. The summed E-state index contributed by atoms with van der Waals surface area (Å²) in [7, 11) is 0. The molecule has 2 N–H and O–H groups in total. The van der Waals surface area contributed by atoms with Crippen molar-refractivity contribution >= 4 is 5.69 Å². The number of rotatable bonds is 8. The lowest BCUT2D eigenvalue weighted by atomic mass is 10.1. The van der Waals surface area contributed by atoms with Gasteiger partial charge in [0.25, 0.3) is 0 Å². The number of pyridine rings is 3. The first kappa shape index (κ1) is 33.4. The highest BCUT2D eigenvalue weighted by Crippen LogP contribution is 2.25. The summed E-state index contributed by atoms with van der Waals surface area (Å²) >= 11 is 0. The molecule has 8 nitrogen and oxygen atoms in total. The van der Waals surface area contributed by atoms with Crippen LogP contribution in [-0.2, 0) is 0 Å². The van der Waals surface area contributed by atoms with Gasteiger partial charge < -0.3 is 20.3 Å². The minimum absolute atomic E-state index is 0.403. The number of ether oxygens (including phenoxy) is 1. The smallest absolute Gasteiger partial charge is 0.141 e. The van der Waals surface area contributed by atoms with Crippen molar-refractivity contribution < 1.29 is 4.74 Å². The molecule has 0 atom stereocenters. The fourth-order valence-electron chi connectivity index (χ4n) is 4.92. The Bertz CT molecular complexity index is 1130. The highest BCUT2D eigenvalue weighted by atomic mass is 16.5. The zero-order valence-electron chi connectivity index (χ0n) is 26.7. The standard InChI is InChI=1S/C14H23N3O.C12H19N3.C8H11N/c1-12(2)14-13(4-3-5-16-14)18-11-10-17-8-6-15-7-9-17;1-10(2)12-11(4-3-5-14-12)15-8-6-13-7-9-15;1-7(2)8-5-3-4-6-9-8/h3-5,12,15H,6-11H2,1-2H3;3-5,10,13H,6-9H2,1-2H3;3-7H,1-2H3. The van der Waals surface area contributed by atoms with Crippen molar-refractivity contribution in [2.45, 2.75) is 59.3 Å². The second-order valence-electron chi connectivity index (χ2n) is 11.7. The van der Waals surface area contributed by atoms with Gasteiger partial charge in [-0.25, -0.2) is 0 Å². The highest BCUT2D eigenvalue weighted by molar-refractivity contribution is 5.52. The van der Waals surface area contributed by atoms with E-state index in [0.717, 1.165) is 82.6 Å². The molecule has 0 unspecified atom stereocenters. The molecule has 2 aliphatic rings.